The summed E-state index contributed by atoms with van der Waals surface area (Å²) < 4.78 is 40.6. The van der Waals surface area contributed by atoms with Crippen molar-refractivity contribution in [3.05, 3.63) is 28.2 Å². The Kier molecular flexibility index (Phi) is 4.82. The summed E-state index contributed by atoms with van der Waals surface area (Å²) in [5.41, 5.74) is 6.47. The Morgan fingerprint density at radius 1 is 1.35 bits per heavy atom. The molecule has 0 saturated carbocycles. The third-order valence-electron chi connectivity index (χ3n) is 2.16. The number of halogens is 4. The first-order valence-corrected chi connectivity index (χ1v) is 5.93. The summed E-state index contributed by atoms with van der Waals surface area (Å²) in [6, 6.07) is 3.99. The van der Waals surface area contributed by atoms with Crippen LogP contribution in [0.15, 0.2) is 22.7 Å². The molecule has 0 fully saturated rings. The zero-order valence-corrected chi connectivity index (χ0v) is 10.8. The molecule has 0 aliphatic heterocycles. The highest BCUT2D eigenvalue weighted by molar-refractivity contribution is 9.10. The van der Waals surface area contributed by atoms with Crippen LogP contribution in [0.4, 0.5) is 13.2 Å². The average molecular weight is 312 g/mol. The SMILES string of the molecule is CCC[C@H](N)c1cc(Br)cc(OC(F)(F)F)c1. The van der Waals surface area contributed by atoms with E-state index in [4.69, 9.17) is 5.73 Å². The first-order chi connectivity index (χ1) is 7.81. The molecule has 0 saturated heterocycles. The van der Waals surface area contributed by atoms with Crippen LogP contribution in [0.1, 0.15) is 31.4 Å². The van der Waals surface area contributed by atoms with Crippen LogP contribution in [-0.2, 0) is 0 Å². The smallest absolute Gasteiger partial charge is 0.406 e. The Balaban J connectivity index is 2.94. The lowest BCUT2D eigenvalue weighted by atomic mass is 10.0. The Labute approximate surface area is 106 Å². The summed E-state index contributed by atoms with van der Waals surface area (Å²) in [6.45, 7) is 1.96. The van der Waals surface area contributed by atoms with Crippen molar-refractivity contribution >= 4 is 15.9 Å². The normalized spacial score (nSPS) is 13.5. The summed E-state index contributed by atoms with van der Waals surface area (Å²) in [7, 11) is 0. The summed E-state index contributed by atoms with van der Waals surface area (Å²) in [5.74, 6) is -0.256. The second-order valence-electron chi connectivity index (χ2n) is 3.66. The van der Waals surface area contributed by atoms with Crippen LogP contribution in [0, 0.1) is 0 Å². The molecule has 96 valence electrons. The number of alkyl halides is 3. The van der Waals surface area contributed by atoms with Crippen molar-refractivity contribution in [1.82, 2.24) is 0 Å². The van der Waals surface area contributed by atoms with Gasteiger partial charge >= 0.3 is 6.36 Å². The molecule has 1 atom stereocenters. The van der Waals surface area contributed by atoms with Crippen LogP contribution in [0.3, 0.4) is 0 Å². The van der Waals surface area contributed by atoms with Gasteiger partial charge in [0.15, 0.2) is 0 Å². The predicted molar refractivity (Wildman–Crippen MR) is 62.7 cm³/mol. The highest BCUT2D eigenvalue weighted by Gasteiger charge is 2.31. The van der Waals surface area contributed by atoms with E-state index in [9.17, 15) is 13.2 Å². The maximum Gasteiger partial charge on any atom is 0.573 e. The van der Waals surface area contributed by atoms with E-state index >= 15 is 0 Å². The third kappa shape index (κ3) is 4.95. The molecule has 6 heteroatoms. The van der Waals surface area contributed by atoms with Gasteiger partial charge in [-0.3, -0.25) is 0 Å². The third-order valence-corrected chi connectivity index (χ3v) is 2.61. The van der Waals surface area contributed by atoms with Gasteiger partial charge in [0.2, 0.25) is 0 Å². The molecule has 0 spiro atoms. The van der Waals surface area contributed by atoms with E-state index in [1.165, 1.54) is 12.1 Å². The van der Waals surface area contributed by atoms with E-state index < -0.39 is 6.36 Å². The van der Waals surface area contributed by atoms with Crippen LogP contribution in [0.2, 0.25) is 0 Å². The molecule has 2 nitrogen and oxygen atoms in total. The average Bonchev–Trinajstić information content (AvgIpc) is 2.14. The molecule has 17 heavy (non-hydrogen) atoms. The molecular formula is C11H13BrF3NO. The number of benzene rings is 1. The second-order valence-corrected chi connectivity index (χ2v) is 4.58. The van der Waals surface area contributed by atoms with Crippen molar-refractivity contribution in [2.24, 2.45) is 5.73 Å². The van der Waals surface area contributed by atoms with Crippen molar-refractivity contribution in [3.8, 4) is 5.75 Å². The van der Waals surface area contributed by atoms with Gasteiger partial charge in [-0.15, -0.1) is 13.2 Å². The zero-order chi connectivity index (χ0) is 13.1. The van der Waals surface area contributed by atoms with Crippen molar-refractivity contribution in [2.45, 2.75) is 32.2 Å². The lowest BCUT2D eigenvalue weighted by molar-refractivity contribution is -0.274. The monoisotopic (exact) mass is 311 g/mol. The van der Waals surface area contributed by atoms with E-state index in [1.807, 2.05) is 6.92 Å². The molecule has 0 heterocycles. The van der Waals surface area contributed by atoms with Gasteiger partial charge in [-0.1, -0.05) is 29.3 Å². The molecule has 0 aromatic heterocycles. The molecule has 0 aliphatic rings. The number of hydrogen-bond acceptors (Lipinski definition) is 2. The minimum atomic E-state index is -4.69. The quantitative estimate of drug-likeness (QED) is 0.906. The minimum Gasteiger partial charge on any atom is -0.406 e. The van der Waals surface area contributed by atoms with Gasteiger partial charge in [-0.2, -0.15) is 0 Å². The van der Waals surface area contributed by atoms with Crippen LogP contribution in [-0.4, -0.2) is 6.36 Å². The Morgan fingerprint density at radius 2 is 2.00 bits per heavy atom. The summed E-state index contributed by atoms with van der Waals surface area (Å²) in [6.07, 6.45) is -3.11. The molecule has 1 aromatic carbocycles. The molecule has 2 N–H and O–H groups in total. The molecular weight excluding hydrogens is 299 g/mol. The highest BCUT2D eigenvalue weighted by Crippen LogP contribution is 2.29. The first kappa shape index (κ1) is 14.3. The van der Waals surface area contributed by atoms with Crippen molar-refractivity contribution in [3.63, 3.8) is 0 Å². The molecule has 1 aromatic rings. The molecule has 0 aliphatic carbocycles. The standard InChI is InChI=1S/C11H13BrF3NO/c1-2-3-10(16)7-4-8(12)6-9(5-7)17-11(13,14)15/h4-6,10H,2-3,16H2,1H3/t10-/m0/s1. The van der Waals surface area contributed by atoms with Gasteiger partial charge < -0.3 is 10.5 Å². The molecule has 0 bridgehead atoms. The minimum absolute atomic E-state index is 0.256. The van der Waals surface area contributed by atoms with Crippen molar-refractivity contribution in [1.29, 1.82) is 0 Å². The molecule has 0 unspecified atom stereocenters. The lowest BCUT2D eigenvalue weighted by Crippen LogP contribution is -2.18. The fourth-order valence-electron chi connectivity index (χ4n) is 1.47. The fourth-order valence-corrected chi connectivity index (χ4v) is 1.96. The predicted octanol–water partition coefficient (Wildman–Crippen LogP) is 4.15. The van der Waals surface area contributed by atoms with Crippen molar-refractivity contribution in [2.75, 3.05) is 0 Å². The second kappa shape index (κ2) is 5.73. The molecule has 0 radical (unpaired) electrons. The van der Waals surface area contributed by atoms with Gasteiger partial charge in [0.05, 0.1) is 0 Å². The molecule has 1 rings (SSSR count). The van der Waals surface area contributed by atoms with Crippen LogP contribution in [0.25, 0.3) is 0 Å². The number of nitrogens with two attached hydrogens (primary N) is 1. The van der Waals surface area contributed by atoms with Gasteiger partial charge in [0.1, 0.15) is 5.75 Å². The lowest BCUT2D eigenvalue weighted by Gasteiger charge is -2.14. The van der Waals surface area contributed by atoms with Crippen molar-refractivity contribution < 1.29 is 17.9 Å². The van der Waals surface area contributed by atoms with Crippen LogP contribution < -0.4 is 10.5 Å². The van der Waals surface area contributed by atoms with Gasteiger partial charge in [0, 0.05) is 10.5 Å². The summed E-state index contributed by atoms with van der Waals surface area (Å²) >= 11 is 3.14. The van der Waals surface area contributed by atoms with Gasteiger partial charge in [-0.25, -0.2) is 0 Å². The molecule has 0 amide bonds. The summed E-state index contributed by atoms with van der Waals surface area (Å²) in [5, 5.41) is 0. The van der Waals surface area contributed by atoms with Gasteiger partial charge in [-0.05, 0) is 30.2 Å². The van der Waals surface area contributed by atoms with Gasteiger partial charge in [0.25, 0.3) is 0 Å². The number of ether oxygens (including phenoxy) is 1. The van der Waals surface area contributed by atoms with Crippen LogP contribution >= 0.6 is 15.9 Å². The summed E-state index contributed by atoms with van der Waals surface area (Å²) in [4.78, 5) is 0. The van der Waals surface area contributed by atoms with E-state index in [0.717, 1.165) is 6.42 Å². The number of hydrogen-bond donors (Lipinski definition) is 1. The Hall–Kier alpha value is -0.750. The first-order valence-electron chi connectivity index (χ1n) is 5.13. The number of rotatable bonds is 4. The maximum atomic E-state index is 12.1. The fraction of sp³-hybridized carbons (Fsp3) is 0.455. The van der Waals surface area contributed by atoms with Crippen LogP contribution in [0.5, 0.6) is 5.75 Å². The van der Waals surface area contributed by atoms with E-state index in [1.54, 1.807) is 6.07 Å². The Bertz CT molecular complexity index is 381. The topological polar surface area (TPSA) is 35.2 Å². The van der Waals surface area contributed by atoms with E-state index in [2.05, 4.69) is 20.7 Å². The van der Waals surface area contributed by atoms with E-state index in [0.29, 0.717) is 16.5 Å². The zero-order valence-electron chi connectivity index (χ0n) is 9.22. The maximum absolute atomic E-state index is 12.1. The highest BCUT2D eigenvalue weighted by atomic mass is 79.9. The van der Waals surface area contributed by atoms with E-state index in [-0.39, 0.29) is 11.8 Å². The Morgan fingerprint density at radius 3 is 2.53 bits per heavy atom. The largest absolute Gasteiger partial charge is 0.573 e.